The highest BCUT2D eigenvalue weighted by Crippen LogP contribution is 2.32. The van der Waals surface area contributed by atoms with E-state index in [1.165, 1.54) is 77.4 Å². The van der Waals surface area contributed by atoms with E-state index < -0.39 is 0 Å². The lowest BCUT2D eigenvalue weighted by Gasteiger charge is -2.49. The molecule has 1 unspecified atom stereocenters. The summed E-state index contributed by atoms with van der Waals surface area (Å²) >= 11 is 0. The van der Waals surface area contributed by atoms with Crippen molar-refractivity contribution in [2.45, 2.75) is 76.3 Å². The van der Waals surface area contributed by atoms with E-state index in [-0.39, 0.29) is 0 Å². The van der Waals surface area contributed by atoms with Crippen LogP contribution in [0.5, 0.6) is 0 Å². The van der Waals surface area contributed by atoms with Gasteiger partial charge in [-0.15, -0.1) is 0 Å². The minimum Gasteiger partial charge on any atom is -0.308 e. The first kappa shape index (κ1) is 13.6. The fraction of sp³-hybridized carbons (Fsp3) is 0.882. The summed E-state index contributed by atoms with van der Waals surface area (Å²) in [5, 5.41) is 3.89. The van der Waals surface area contributed by atoms with Crippen LogP contribution in [0.1, 0.15) is 64.7 Å². The predicted octanol–water partition coefficient (Wildman–Crippen LogP) is 3.48. The Balaban J connectivity index is 1.56. The molecule has 1 spiro atoms. The molecule has 2 heteroatoms. The minimum absolute atomic E-state index is 0.467. The van der Waals surface area contributed by atoms with Gasteiger partial charge in [0.05, 0.1) is 0 Å². The first-order valence-electron chi connectivity index (χ1n) is 8.44. The van der Waals surface area contributed by atoms with Gasteiger partial charge >= 0.3 is 0 Å². The highest BCUT2D eigenvalue weighted by Gasteiger charge is 2.38. The van der Waals surface area contributed by atoms with E-state index in [4.69, 9.17) is 0 Å². The SMILES string of the molecule is CC1CNC2(CCCCC2)CN1CCC1=CCCC1. The van der Waals surface area contributed by atoms with Crippen molar-refractivity contribution in [1.29, 1.82) is 0 Å². The molecule has 1 saturated carbocycles. The van der Waals surface area contributed by atoms with Gasteiger partial charge in [0.2, 0.25) is 0 Å². The molecule has 2 nitrogen and oxygen atoms in total. The number of piperazine rings is 1. The second-order valence-corrected chi connectivity index (χ2v) is 7.05. The molecule has 108 valence electrons. The Labute approximate surface area is 118 Å². The largest absolute Gasteiger partial charge is 0.308 e. The molecule has 0 aromatic carbocycles. The molecule has 1 heterocycles. The normalized spacial score (nSPS) is 31.6. The first-order chi connectivity index (χ1) is 9.27. The lowest BCUT2D eigenvalue weighted by atomic mass is 9.79. The van der Waals surface area contributed by atoms with Crippen LogP contribution in [0.25, 0.3) is 0 Å². The molecule has 1 N–H and O–H groups in total. The van der Waals surface area contributed by atoms with Crippen LogP contribution >= 0.6 is 0 Å². The van der Waals surface area contributed by atoms with Crippen molar-refractivity contribution in [1.82, 2.24) is 10.2 Å². The van der Waals surface area contributed by atoms with E-state index in [1.807, 2.05) is 0 Å². The summed E-state index contributed by atoms with van der Waals surface area (Å²) in [6, 6.07) is 0.717. The smallest absolute Gasteiger partial charge is 0.0309 e. The van der Waals surface area contributed by atoms with Gasteiger partial charge in [0.15, 0.2) is 0 Å². The molecule has 3 rings (SSSR count). The molecular formula is C17H30N2. The third-order valence-corrected chi connectivity index (χ3v) is 5.57. The Morgan fingerprint density at radius 1 is 1.26 bits per heavy atom. The second kappa shape index (κ2) is 5.97. The lowest BCUT2D eigenvalue weighted by molar-refractivity contribution is 0.0636. The Bertz CT molecular complexity index is 328. The molecule has 1 atom stereocenters. The van der Waals surface area contributed by atoms with E-state index in [0.717, 1.165) is 6.04 Å². The van der Waals surface area contributed by atoms with Crippen molar-refractivity contribution >= 4 is 0 Å². The number of hydrogen-bond acceptors (Lipinski definition) is 2. The monoisotopic (exact) mass is 262 g/mol. The topological polar surface area (TPSA) is 15.3 Å². The van der Waals surface area contributed by atoms with Crippen LogP contribution in [0.4, 0.5) is 0 Å². The number of allylic oxidation sites excluding steroid dienone is 1. The minimum atomic E-state index is 0.467. The fourth-order valence-corrected chi connectivity index (χ4v) is 4.21. The molecule has 3 aliphatic rings. The van der Waals surface area contributed by atoms with Gasteiger partial charge in [-0.3, -0.25) is 4.90 Å². The second-order valence-electron chi connectivity index (χ2n) is 7.05. The van der Waals surface area contributed by atoms with Gasteiger partial charge < -0.3 is 5.32 Å². The Hall–Kier alpha value is -0.340. The van der Waals surface area contributed by atoms with Crippen LogP contribution in [0, 0.1) is 0 Å². The molecule has 1 aliphatic heterocycles. The molecule has 0 bridgehead atoms. The van der Waals surface area contributed by atoms with Gasteiger partial charge in [-0.1, -0.05) is 30.9 Å². The zero-order valence-corrected chi connectivity index (χ0v) is 12.6. The summed E-state index contributed by atoms with van der Waals surface area (Å²) in [6.45, 7) is 6.17. The van der Waals surface area contributed by atoms with Gasteiger partial charge in [0, 0.05) is 31.2 Å². The summed E-state index contributed by atoms with van der Waals surface area (Å²) in [6.07, 6.45) is 15.0. The van der Waals surface area contributed by atoms with Crippen LogP contribution < -0.4 is 5.32 Å². The summed E-state index contributed by atoms with van der Waals surface area (Å²) in [5.74, 6) is 0. The van der Waals surface area contributed by atoms with Crippen molar-refractivity contribution < 1.29 is 0 Å². The quantitative estimate of drug-likeness (QED) is 0.783. The maximum absolute atomic E-state index is 3.89. The zero-order chi connectivity index (χ0) is 13.1. The first-order valence-corrected chi connectivity index (χ1v) is 8.44. The highest BCUT2D eigenvalue weighted by atomic mass is 15.2. The summed E-state index contributed by atoms with van der Waals surface area (Å²) < 4.78 is 0. The third kappa shape index (κ3) is 3.22. The van der Waals surface area contributed by atoms with Gasteiger partial charge in [-0.05, 0) is 45.4 Å². The molecule has 19 heavy (non-hydrogen) atoms. The summed E-state index contributed by atoms with van der Waals surface area (Å²) in [5.41, 5.74) is 2.19. The molecular weight excluding hydrogens is 232 g/mol. The third-order valence-electron chi connectivity index (χ3n) is 5.57. The zero-order valence-electron chi connectivity index (χ0n) is 12.6. The van der Waals surface area contributed by atoms with Crippen molar-refractivity contribution in [2.24, 2.45) is 0 Å². The van der Waals surface area contributed by atoms with E-state index in [9.17, 15) is 0 Å². The van der Waals surface area contributed by atoms with Gasteiger partial charge in [0.1, 0.15) is 0 Å². The van der Waals surface area contributed by atoms with Crippen molar-refractivity contribution in [3.05, 3.63) is 11.6 Å². The Kier molecular flexibility index (Phi) is 4.28. The summed E-state index contributed by atoms with van der Waals surface area (Å²) in [4.78, 5) is 2.76. The Morgan fingerprint density at radius 3 is 2.84 bits per heavy atom. The maximum atomic E-state index is 3.89. The molecule has 2 fully saturated rings. The average Bonchev–Trinajstić information content (AvgIpc) is 2.94. The van der Waals surface area contributed by atoms with Crippen LogP contribution in [-0.2, 0) is 0 Å². The molecule has 0 aromatic heterocycles. The standard InChI is InChI=1S/C17H30N2/c1-15-13-18-17(10-5-2-6-11-17)14-19(15)12-9-16-7-3-4-8-16/h7,15,18H,2-6,8-14H2,1H3. The number of nitrogens with one attached hydrogen (secondary N) is 1. The molecule has 0 radical (unpaired) electrons. The average molecular weight is 262 g/mol. The van der Waals surface area contributed by atoms with Gasteiger partial charge in [0.25, 0.3) is 0 Å². The van der Waals surface area contributed by atoms with E-state index in [1.54, 1.807) is 5.57 Å². The van der Waals surface area contributed by atoms with Gasteiger partial charge in [-0.25, -0.2) is 0 Å². The number of rotatable bonds is 3. The highest BCUT2D eigenvalue weighted by molar-refractivity contribution is 5.08. The van der Waals surface area contributed by atoms with Crippen molar-refractivity contribution in [2.75, 3.05) is 19.6 Å². The molecule has 2 aliphatic carbocycles. The number of nitrogens with zero attached hydrogens (tertiary/aromatic N) is 1. The number of hydrogen-bond donors (Lipinski definition) is 1. The lowest BCUT2D eigenvalue weighted by Crippen LogP contribution is -2.64. The van der Waals surface area contributed by atoms with E-state index in [2.05, 4.69) is 23.2 Å². The molecule has 0 amide bonds. The molecule has 0 aromatic rings. The summed E-state index contributed by atoms with van der Waals surface area (Å²) in [7, 11) is 0. The maximum Gasteiger partial charge on any atom is 0.0309 e. The Morgan fingerprint density at radius 2 is 2.11 bits per heavy atom. The van der Waals surface area contributed by atoms with Crippen LogP contribution in [0.15, 0.2) is 11.6 Å². The van der Waals surface area contributed by atoms with E-state index in [0.29, 0.717) is 5.54 Å². The molecule has 1 saturated heterocycles. The van der Waals surface area contributed by atoms with Crippen LogP contribution in [0.3, 0.4) is 0 Å². The predicted molar refractivity (Wildman–Crippen MR) is 81.4 cm³/mol. The van der Waals surface area contributed by atoms with Crippen molar-refractivity contribution in [3.63, 3.8) is 0 Å². The van der Waals surface area contributed by atoms with Gasteiger partial charge in [-0.2, -0.15) is 0 Å². The fourth-order valence-electron chi connectivity index (χ4n) is 4.21. The van der Waals surface area contributed by atoms with Crippen LogP contribution in [0.2, 0.25) is 0 Å². The van der Waals surface area contributed by atoms with Crippen molar-refractivity contribution in [3.8, 4) is 0 Å². The van der Waals surface area contributed by atoms with E-state index >= 15 is 0 Å². The van der Waals surface area contributed by atoms with Crippen LogP contribution in [-0.4, -0.2) is 36.1 Å².